The van der Waals surface area contributed by atoms with Gasteiger partial charge < -0.3 is 10.6 Å². The normalized spacial score (nSPS) is 10.5. The molecule has 2 aromatic carbocycles. The number of aromatic nitrogens is 1. The Kier molecular flexibility index (Phi) is 6.14. The summed E-state index contributed by atoms with van der Waals surface area (Å²) in [5.41, 5.74) is 4.31. The van der Waals surface area contributed by atoms with Crippen LogP contribution >= 0.6 is 11.8 Å². The van der Waals surface area contributed by atoms with Crippen LogP contribution in [0.1, 0.15) is 22.8 Å². The first-order valence-corrected chi connectivity index (χ1v) is 9.89. The molecule has 0 aliphatic carbocycles. The molecule has 0 bridgehead atoms. The maximum Gasteiger partial charge on any atom is 0.256 e. The molecule has 0 saturated carbocycles. The molecule has 0 aliphatic rings. The number of carbonyl (C=O) groups excluding carboxylic acids is 1. The van der Waals surface area contributed by atoms with Crippen molar-refractivity contribution in [3.63, 3.8) is 0 Å². The van der Waals surface area contributed by atoms with Gasteiger partial charge in [-0.3, -0.25) is 4.79 Å². The molecule has 2 N–H and O–H groups in total. The number of amides is 1. The van der Waals surface area contributed by atoms with Gasteiger partial charge in [-0.1, -0.05) is 43.3 Å². The fourth-order valence-electron chi connectivity index (χ4n) is 2.94. The van der Waals surface area contributed by atoms with Gasteiger partial charge in [0.05, 0.1) is 5.69 Å². The van der Waals surface area contributed by atoms with E-state index in [9.17, 15) is 4.79 Å². The predicted molar refractivity (Wildman–Crippen MR) is 115 cm³/mol. The molecule has 0 atom stereocenters. The van der Waals surface area contributed by atoms with E-state index in [0.717, 1.165) is 22.4 Å². The van der Waals surface area contributed by atoms with Gasteiger partial charge in [-0.25, -0.2) is 4.98 Å². The maximum absolute atomic E-state index is 13.1. The van der Waals surface area contributed by atoms with E-state index in [1.807, 2.05) is 49.4 Å². The first-order chi connectivity index (χ1) is 13.1. The van der Waals surface area contributed by atoms with Gasteiger partial charge in [0, 0.05) is 23.7 Å². The molecule has 3 aromatic rings. The van der Waals surface area contributed by atoms with Gasteiger partial charge >= 0.3 is 0 Å². The standard InChI is InChI=1S/C22H23N3OS/c1-4-27-20-12-8-7-10-17(20)16-9-5-6-11-18(16)22(26)25-19-13-15(2)14-24-21(19)23-3/h5-14H,4H2,1-3H3,(H,23,24)(H,25,26). The zero-order valence-corrected chi connectivity index (χ0v) is 16.6. The van der Waals surface area contributed by atoms with Gasteiger partial charge in [0.25, 0.3) is 5.91 Å². The monoisotopic (exact) mass is 377 g/mol. The summed E-state index contributed by atoms with van der Waals surface area (Å²) >= 11 is 1.78. The summed E-state index contributed by atoms with van der Waals surface area (Å²) in [6.07, 6.45) is 1.77. The lowest BCUT2D eigenvalue weighted by molar-refractivity contribution is 0.102. The summed E-state index contributed by atoms with van der Waals surface area (Å²) in [6, 6.07) is 17.8. The third-order valence-electron chi connectivity index (χ3n) is 4.16. The Labute approximate surface area is 164 Å². The molecule has 0 fully saturated rings. The van der Waals surface area contributed by atoms with Crippen LogP contribution in [0.3, 0.4) is 0 Å². The minimum atomic E-state index is -0.147. The number of nitrogens with zero attached hydrogens (tertiary/aromatic N) is 1. The highest BCUT2D eigenvalue weighted by molar-refractivity contribution is 7.99. The Bertz CT molecular complexity index is 956. The Morgan fingerprint density at radius 3 is 2.52 bits per heavy atom. The van der Waals surface area contributed by atoms with Crippen molar-refractivity contribution in [3.05, 3.63) is 71.9 Å². The first kappa shape index (κ1) is 19.0. The molecule has 3 rings (SSSR count). The lowest BCUT2D eigenvalue weighted by Crippen LogP contribution is -2.15. The average Bonchev–Trinajstić information content (AvgIpc) is 2.69. The van der Waals surface area contributed by atoms with Crippen molar-refractivity contribution in [1.82, 2.24) is 4.98 Å². The van der Waals surface area contributed by atoms with E-state index >= 15 is 0 Å². The highest BCUT2D eigenvalue weighted by atomic mass is 32.2. The van der Waals surface area contributed by atoms with Crippen LogP contribution in [0.2, 0.25) is 0 Å². The van der Waals surface area contributed by atoms with Crippen molar-refractivity contribution in [3.8, 4) is 11.1 Å². The van der Waals surface area contributed by atoms with Crippen molar-refractivity contribution in [2.24, 2.45) is 0 Å². The molecule has 27 heavy (non-hydrogen) atoms. The minimum absolute atomic E-state index is 0.147. The zero-order chi connectivity index (χ0) is 19.2. The Morgan fingerprint density at radius 1 is 1.07 bits per heavy atom. The Hall–Kier alpha value is -2.79. The van der Waals surface area contributed by atoms with Crippen molar-refractivity contribution in [2.75, 3.05) is 23.4 Å². The van der Waals surface area contributed by atoms with Crippen molar-refractivity contribution < 1.29 is 4.79 Å². The summed E-state index contributed by atoms with van der Waals surface area (Å²) in [5.74, 6) is 1.48. The largest absolute Gasteiger partial charge is 0.371 e. The summed E-state index contributed by atoms with van der Waals surface area (Å²) in [7, 11) is 1.79. The smallest absolute Gasteiger partial charge is 0.256 e. The Morgan fingerprint density at radius 2 is 1.78 bits per heavy atom. The summed E-state index contributed by atoms with van der Waals surface area (Å²) in [4.78, 5) is 18.6. The molecule has 0 radical (unpaired) electrons. The zero-order valence-electron chi connectivity index (χ0n) is 15.7. The van der Waals surface area contributed by atoms with Crippen LogP contribution in [-0.2, 0) is 0 Å². The summed E-state index contributed by atoms with van der Waals surface area (Å²) in [6.45, 7) is 4.08. The van der Waals surface area contributed by atoms with Crippen molar-refractivity contribution >= 4 is 29.2 Å². The highest BCUT2D eigenvalue weighted by Gasteiger charge is 2.16. The van der Waals surface area contributed by atoms with Gasteiger partial charge in [0.1, 0.15) is 5.82 Å². The second-order valence-electron chi connectivity index (χ2n) is 6.09. The van der Waals surface area contributed by atoms with Crippen LogP contribution in [0, 0.1) is 6.92 Å². The van der Waals surface area contributed by atoms with Crippen LogP contribution in [0.25, 0.3) is 11.1 Å². The average molecular weight is 378 g/mol. The van der Waals surface area contributed by atoms with Crippen LogP contribution < -0.4 is 10.6 Å². The van der Waals surface area contributed by atoms with Crippen LogP contribution in [-0.4, -0.2) is 23.7 Å². The van der Waals surface area contributed by atoms with Gasteiger partial charge in [-0.2, -0.15) is 0 Å². The molecule has 4 nitrogen and oxygen atoms in total. The first-order valence-electron chi connectivity index (χ1n) is 8.91. The number of pyridine rings is 1. The number of nitrogens with one attached hydrogen (secondary N) is 2. The highest BCUT2D eigenvalue weighted by Crippen LogP contribution is 2.33. The number of hydrogen-bond donors (Lipinski definition) is 2. The number of hydrogen-bond acceptors (Lipinski definition) is 4. The molecule has 0 unspecified atom stereocenters. The number of carbonyl (C=O) groups is 1. The van der Waals surface area contributed by atoms with Crippen molar-refractivity contribution in [1.29, 1.82) is 0 Å². The van der Waals surface area contributed by atoms with Crippen LogP contribution in [0.4, 0.5) is 11.5 Å². The number of thioether (sulfide) groups is 1. The molecule has 1 amide bonds. The van der Waals surface area contributed by atoms with Gasteiger partial charge in [-0.15, -0.1) is 11.8 Å². The third kappa shape index (κ3) is 4.31. The molecule has 138 valence electrons. The molecule has 0 saturated heterocycles. The number of anilines is 2. The molecule has 0 aliphatic heterocycles. The quantitative estimate of drug-likeness (QED) is 0.560. The van der Waals surface area contributed by atoms with E-state index in [2.05, 4.69) is 34.7 Å². The van der Waals surface area contributed by atoms with E-state index < -0.39 is 0 Å². The van der Waals surface area contributed by atoms with Gasteiger partial charge in [0.15, 0.2) is 0 Å². The molecule has 0 spiro atoms. The lowest BCUT2D eigenvalue weighted by Gasteiger charge is -2.15. The second kappa shape index (κ2) is 8.73. The lowest BCUT2D eigenvalue weighted by atomic mass is 9.99. The molecule has 1 heterocycles. The predicted octanol–water partition coefficient (Wildman–Crippen LogP) is 5.46. The molecule has 1 aromatic heterocycles. The molecular formula is C22H23N3OS. The SMILES string of the molecule is CCSc1ccccc1-c1ccccc1C(=O)Nc1cc(C)cnc1NC. The molecule has 5 heteroatoms. The second-order valence-corrected chi connectivity index (χ2v) is 7.39. The summed E-state index contributed by atoms with van der Waals surface area (Å²) in [5, 5.41) is 6.03. The Balaban J connectivity index is 2.00. The van der Waals surface area contributed by atoms with Gasteiger partial charge in [-0.05, 0) is 47.6 Å². The third-order valence-corrected chi connectivity index (χ3v) is 5.11. The number of benzene rings is 2. The van der Waals surface area contributed by atoms with E-state index in [4.69, 9.17) is 0 Å². The van der Waals surface area contributed by atoms with E-state index in [1.54, 1.807) is 25.0 Å². The van der Waals surface area contributed by atoms with E-state index in [1.165, 1.54) is 4.90 Å². The van der Waals surface area contributed by atoms with E-state index in [-0.39, 0.29) is 5.91 Å². The fourth-order valence-corrected chi connectivity index (χ4v) is 3.76. The van der Waals surface area contributed by atoms with Gasteiger partial charge in [0.2, 0.25) is 0 Å². The van der Waals surface area contributed by atoms with Crippen LogP contribution in [0.15, 0.2) is 65.7 Å². The molecular weight excluding hydrogens is 354 g/mol. The fraction of sp³-hybridized carbons (Fsp3) is 0.182. The number of rotatable bonds is 6. The minimum Gasteiger partial charge on any atom is -0.371 e. The topological polar surface area (TPSA) is 54.0 Å². The maximum atomic E-state index is 13.1. The van der Waals surface area contributed by atoms with E-state index in [0.29, 0.717) is 17.1 Å². The summed E-state index contributed by atoms with van der Waals surface area (Å²) < 4.78 is 0. The van der Waals surface area contributed by atoms with Crippen molar-refractivity contribution in [2.45, 2.75) is 18.7 Å². The number of aryl methyl sites for hydroxylation is 1. The van der Waals surface area contributed by atoms with Crippen LogP contribution in [0.5, 0.6) is 0 Å².